The normalized spacial score (nSPS) is 11.3. The van der Waals surface area contributed by atoms with Gasteiger partial charge in [-0.15, -0.1) is 0 Å². The average molecular weight is 491 g/mol. The highest BCUT2D eigenvalue weighted by atomic mass is 35.5. The third-order valence-corrected chi connectivity index (χ3v) is 5.89. The molecule has 0 amide bonds. The third kappa shape index (κ3) is 6.11. The molecule has 0 aliphatic heterocycles. The minimum Gasteiger partial charge on any atom is -0.504 e. The quantitative estimate of drug-likeness (QED) is 0.226. The van der Waals surface area contributed by atoms with Crippen molar-refractivity contribution in [2.75, 3.05) is 16.8 Å². The van der Waals surface area contributed by atoms with Gasteiger partial charge in [0.1, 0.15) is 5.69 Å². The number of nitrogens with one attached hydrogen (secondary N) is 2. The number of ether oxygens (including phenoxy) is 1. The number of sulfonamides is 1. The van der Waals surface area contributed by atoms with Gasteiger partial charge in [0, 0.05) is 16.8 Å². The molecule has 33 heavy (non-hydrogen) atoms. The van der Waals surface area contributed by atoms with E-state index < -0.39 is 20.6 Å². The molecular formula is C21H19ClN4O6S. The number of anilines is 2. The summed E-state index contributed by atoms with van der Waals surface area (Å²) in [5, 5.41) is 25.7. The number of rotatable bonds is 9. The molecule has 0 atom stereocenters. The van der Waals surface area contributed by atoms with Crippen molar-refractivity contribution in [1.82, 2.24) is 0 Å². The molecule has 0 unspecified atom stereocenters. The van der Waals surface area contributed by atoms with Gasteiger partial charge in [-0.1, -0.05) is 11.6 Å². The highest BCUT2D eigenvalue weighted by Gasteiger charge is 2.21. The molecule has 10 nitrogen and oxygen atoms in total. The lowest BCUT2D eigenvalue weighted by Crippen LogP contribution is -2.13. The third-order valence-electron chi connectivity index (χ3n) is 4.25. The predicted octanol–water partition coefficient (Wildman–Crippen LogP) is 4.60. The number of phenolic OH excluding ortho intramolecular Hbond substituents is 1. The summed E-state index contributed by atoms with van der Waals surface area (Å²) in [4.78, 5) is 10.5. The van der Waals surface area contributed by atoms with E-state index >= 15 is 0 Å². The molecule has 12 heteroatoms. The minimum absolute atomic E-state index is 0.00879. The van der Waals surface area contributed by atoms with Crippen molar-refractivity contribution < 1.29 is 23.2 Å². The van der Waals surface area contributed by atoms with Crippen LogP contribution in [0.25, 0.3) is 0 Å². The molecular weight excluding hydrogens is 472 g/mol. The molecule has 0 heterocycles. The summed E-state index contributed by atoms with van der Waals surface area (Å²) >= 11 is 5.79. The lowest BCUT2D eigenvalue weighted by atomic mass is 10.2. The summed E-state index contributed by atoms with van der Waals surface area (Å²) in [5.74, 6) is 0.247. The number of nitro benzene ring substituents is 1. The summed E-state index contributed by atoms with van der Waals surface area (Å²) in [6, 6.07) is 13.9. The molecule has 0 spiro atoms. The van der Waals surface area contributed by atoms with Crippen LogP contribution >= 0.6 is 11.6 Å². The van der Waals surface area contributed by atoms with Gasteiger partial charge in [-0.3, -0.25) is 20.3 Å². The van der Waals surface area contributed by atoms with Crippen LogP contribution in [-0.4, -0.2) is 31.3 Å². The van der Waals surface area contributed by atoms with Crippen LogP contribution in [0, 0.1) is 10.1 Å². The lowest BCUT2D eigenvalue weighted by Gasteiger charge is -2.09. The van der Waals surface area contributed by atoms with E-state index in [2.05, 4.69) is 15.2 Å². The average Bonchev–Trinajstić information content (AvgIpc) is 2.77. The maximum absolute atomic E-state index is 12.6. The summed E-state index contributed by atoms with van der Waals surface area (Å²) in [6.07, 6.45) is 1.37. The van der Waals surface area contributed by atoms with Gasteiger partial charge >= 0.3 is 0 Å². The fourth-order valence-electron chi connectivity index (χ4n) is 2.71. The van der Waals surface area contributed by atoms with Gasteiger partial charge in [-0.25, -0.2) is 8.42 Å². The number of nitrogens with zero attached hydrogens (tertiary/aromatic N) is 2. The molecule has 0 saturated heterocycles. The van der Waals surface area contributed by atoms with Crippen LogP contribution in [0.3, 0.4) is 0 Å². The van der Waals surface area contributed by atoms with E-state index in [0.717, 1.165) is 6.07 Å². The van der Waals surface area contributed by atoms with Gasteiger partial charge in [0.25, 0.3) is 15.7 Å². The Kier molecular flexibility index (Phi) is 7.36. The maximum Gasteiger partial charge on any atom is 0.295 e. The fourth-order valence-corrected chi connectivity index (χ4v) is 3.92. The number of hydrogen-bond acceptors (Lipinski definition) is 8. The Balaban J connectivity index is 1.81. The predicted molar refractivity (Wildman–Crippen MR) is 126 cm³/mol. The Hall–Kier alpha value is -3.83. The highest BCUT2D eigenvalue weighted by molar-refractivity contribution is 7.92. The van der Waals surface area contributed by atoms with Crippen LogP contribution in [-0.2, 0) is 10.0 Å². The van der Waals surface area contributed by atoms with Crippen LogP contribution in [0.5, 0.6) is 11.5 Å². The highest BCUT2D eigenvalue weighted by Crippen LogP contribution is 2.29. The molecule has 0 aliphatic rings. The number of halogens is 1. The van der Waals surface area contributed by atoms with E-state index in [1.165, 1.54) is 48.7 Å². The Morgan fingerprint density at radius 3 is 2.55 bits per heavy atom. The number of aromatic hydroxyl groups is 1. The number of benzene rings is 3. The van der Waals surface area contributed by atoms with E-state index in [0.29, 0.717) is 17.2 Å². The zero-order chi connectivity index (χ0) is 24.0. The molecule has 0 aliphatic carbocycles. The van der Waals surface area contributed by atoms with Gasteiger partial charge in [0.15, 0.2) is 11.5 Å². The second-order valence-electron chi connectivity index (χ2n) is 6.58. The number of hydrazone groups is 1. The van der Waals surface area contributed by atoms with E-state index in [1.807, 2.05) is 0 Å². The summed E-state index contributed by atoms with van der Waals surface area (Å²) in [5.41, 5.74) is 2.88. The number of nitro groups is 1. The largest absolute Gasteiger partial charge is 0.504 e. The molecule has 0 saturated carbocycles. The SMILES string of the molecule is CCOc1cc(C=NNc2ccc(S(=O)(=O)Nc3ccc(Cl)cc3)cc2[N+](=O)[O-])ccc1O. The van der Waals surface area contributed by atoms with Crippen LogP contribution in [0.2, 0.25) is 5.02 Å². The van der Waals surface area contributed by atoms with E-state index in [1.54, 1.807) is 19.1 Å². The van der Waals surface area contributed by atoms with Gasteiger partial charge in [-0.2, -0.15) is 5.10 Å². The van der Waals surface area contributed by atoms with Crippen molar-refractivity contribution in [3.8, 4) is 11.5 Å². The van der Waals surface area contributed by atoms with Crippen LogP contribution in [0.1, 0.15) is 12.5 Å². The lowest BCUT2D eigenvalue weighted by molar-refractivity contribution is -0.384. The zero-order valence-corrected chi connectivity index (χ0v) is 18.8. The Morgan fingerprint density at radius 1 is 1.15 bits per heavy atom. The smallest absolute Gasteiger partial charge is 0.295 e. The second kappa shape index (κ2) is 10.2. The maximum atomic E-state index is 12.6. The number of hydrogen-bond donors (Lipinski definition) is 3. The molecule has 0 aromatic heterocycles. The van der Waals surface area contributed by atoms with Crippen molar-refractivity contribution in [1.29, 1.82) is 0 Å². The van der Waals surface area contributed by atoms with E-state index in [9.17, 15) is 23.6 Å². The van der Waals surface area contributed by atoms with Gasteiger partial charge in [0.05, 0.1) is 22.6 Å². The molecule has 0 fully saturated rings. The van der Waals surface area contributed by atoms with E-state index in [-0.39, 0.29) is 27.8 Å². The van der Waals surface area contributed by atoms with Crippen molar-refractivity contribution in [3.63, 3.8) is 0 Å². The van der Waals surface area contributed by atoms with Crippen LogP contribution < -0.4 is 14.9 Å². The first-order valence-corrected chi connectivity index (χ1v) is 11.4. The first-order chi connectivity index (χ1) is 15.7. The van der Waals surface area contributed by atoms with E-state index in [4.69, 9.17) is 16.3 Å². The first kappa shape index (κ1) is 23.8. The Labute approximate surface area is 194 Å². The molecule has 0 radical (unpaired) electrons. The molecule has 3 aromatic carbocycles. The van der Waals surface area contributed by atoms with Gasteiger partial charge in [-0.05, 0) is 67.1 Å². The van der Waals surface area contributed by atoms with Crippen LogP contribution in [0.15, 0.2) is 70.7 Å². The van der Waals surface area contributed by atoms with Crippen molar-refractivity contribution >= 4 is 44.9 Å². The topological polar surface area (TPSA) is 143 Å². The van der Waals surface area contributed by atoms with Gasteiger partial charge < -0.3 is 9.84 Å². The summed E-state index contributed by atoms with van der Waals surface area (Å²) in [7, 11) is -4.08. The zero-order valence-electron chi connectivity index (χ0n) is 17.2. The first-order valence-electron chi connectivity index (χ1n) is 9.51. The summed E-state index contributed by atoms with van der Waals surface area (Å²) < 4.78 is 32.9. The van der Waals surface area contributed by atoms with Crippen molar-refractivity contribution in [2.45, 2.75) is 11.8 Å². The monoisotopic (exact) mass is 490 g/mol. The molecule has 3 aromatic rings. The van der Waals surface area contributed by atoms with Crippen molar-refractivity contribution in [2.24, 2.45) is 5.10 Å². The molecule has 3 rings (SSSR count). The second-order valence-corrected chi connectivity index (χ2v) is 8.70. The molecule has 0 bridgehead atoms. The minimum atomic E-state index is -4.08. The van der Waals surface area contributed by atoms with Crippen LogP contribution in [0.4, 0.5) is 17.1 Å². The summed E-state index contributed by atoms with van der Waals surface area (Å²) in [6.45, 7) is 2.14. The Morgan fingerprint density at radius 2 is 1.88 bits per heavy atom. The molecule has 172 valence electrons. The fraction of sp³-hybridized carbons (Fsp3) is 0.0952. The molecule has 3 N–H and O–H groups in total. The number of phenols is 1. The standard InChI is InChI=1S/C21H19ClN4O6S/c1-2-32-21-11-14(3-10-20(21)27)13-23-24-18-9-8-17(12-19(18)26(28)29)33(30,31)25-16-6-4-15(22)5-7-16/h3-13,24-25,27H,2H2,1H3. The van der Waals surface area contributed by atoms with Crippen molar-refractivity contribution in [3.05, 3.63) is 81.4 Å². The van der Waals surface area contributed by atoms with Gasteiger partial charge in [0.2, 0.25) is 0 Å². The Bertz CT molecular complexity index is 1300.